The molecule has 0 amide bonds. The molecule has 1 atom stereocenters. The van der Waals surface area contributed by atoms with Crippen molar-refractivity contribution in [3.63, 3.8) is 0 Å². The highest BCUT2D eigenvalue weighted by atomic mass is 19.2. The van der Waals surface area contributed by atoms with E-state index in [0.29, 0.717) is 19.3 Å². The molecule has 0 aromatic heterocycles. The second-order valence-electron chi connectivity index (χ2n) is 7.97. The normalized spacial score (nSPS) is 13.1. The van der Waals surface area contributed by atoms with Crippen molar-refractivity contribution < 1.29 is 41.6 Å². The number of hydrogen-bond acceptors (Lipinski definition) is 4. The molecule has 1 aromatic rings. The molecule has 1 rings (SSSR count). The predicted octanol–water partition coefficient (Wildman–Crippen LogP) is 8.04. The first-order chi connectivity index (χ1) is 17.3. The maximum atomic E-state index is 13.6. The number of hydrogen-bond donors (Lipinski definition) is 1. The second-order valence-corrected chi connectivity index (χ2v) is 7.97. The van der Waals surface area contributed by atoms with Crippen molar-refractivity contribution in [3.05, 3.63) is 83.3 Å². The van der Waals surface area contributed by atoms with Crippen molar-refractivity contribution in [1.29, 1.82) is 0 Å². The van der Waals surface area contributed by atoms with Crippen LogP contribution in [0.3, 0.4) is 0 Å². The van der Waals surface area contributed by atoms with E-state index < -0.39 is 47.2 Å². The summed E-state index contributed by atoms with van der Waals surface area (Å²) in [5, 5.41) is 8.87. The molecule has 0 heterocycles. The van der Waals surface area contributed by atoms with Gasteiger partial charge in [-0.2, -0.15) is 0 Å². The molecule has 36 heavy (non-hydrogen) atoms. The van der Waals surface area contributed by atoms with Crippen molar-refractivity contribution in [2.75, 3.05) is 0 Å². The molecule has 0 aliphatic carbocycles. The molecule has 200 valence electrons. The molecular weight excluding hydrogens is 483 g/mol. The summed E-state index contributed by atoms with van der Waals surface area (Å²) < 4.78 is 71.1. The van der Waals surface area contributed by atoms with E-state index in [1.807, 2.05) is 48.6 Å². The molecule has 9 heteroatoms. The van der Waals surface area contributed by atoms with Crippen LogP contribution in [-0.2, 0) is 21.0 Å². The van der Waals surface area contributed by atoms with Crippen molar-refractivity contribution in [3.8, 4) is 0 Å². The first-order valence-electron chi connectivity index (χ1n) is 11.9. The number of rotatable bonds is 17. The zero-order valence-electron chi connectivity index (χ0n) is 20.3. The third-order valence-electron chi connectivity index (χ3n) is 5.11. The number of benzene rings is 1. The van der Waals surface area contributed by atoms with E-state index in [-0.39, 0.29) is 12.5 Å². The van der Waals surface area contributed by atoms with Crippen molar-refractivity contribution in [1.82, 2.24) is 0 Å². The molecule has 0 saturated heterocycles. The Labute approximate surface area is 208 Å². The highest BCUT2D eigenvalue weighted by Crippen LogP contribution is 2.23. The Morgan fingerprint density at radius 3 is 2.08 bits per heavy atom. The number of carbonyl (C=O) groups is 1. The first-order valence-corrected chi connectivity index (χ1v) is 11.9. The molecule has 1 N–H and O–H groups in total. The minimum absolute atomic E-state index is 0.0608. The summed E-state index contributed by atoms with van der Waals surface area (Å²) in [6.07, 6.45) is 21.3. The Balaban J connectivity index is 2.20. The Morgan fingerprint density at radius 1 is 0.833 bits per heavy atom. The summed E-state index contributed by atoms with van der Waals surface area (Å²) in [7, 11) is 0. The Hall–Kier alpha value is -2.78. The SMILES string of the molecule is CCCCCC(/C=C/C=C\C/C=C\C/C=C\CCCC(=O)OCc1c(F)c(F)c(F)c(F)c1F)OO. The minimum Gasteiger partial charge on any atom is -0.461 e. The lowest BCUT2D eigenvalue weighted by molar-refractivity contribution is -0.267. The minimum atomic E-state index is -2.26. The average Bonchev–Trinajstić information content (AvgIpc) is 2.87. The van der Waals surface area contributed by atoms with Gasteiger partial charge in [-0.15, -0.1) is 0 Å². The van der Waals surface area contributed by atoms with E-state index in [0.717, 1.165) is 32.1 Å². The number of ether oxygens (including phenoxy) is 1. The van der Waals surface area contributed by atoms with Gasteiger partial charge in [0.05, 0.1) is 5.56 Å². The Bertz CT molecular complexity index is 896. The average molecular weight is 517 g/mol. The van der Waals surface area contributed by atoms with E-state index in [1.54, 1.807) is 0 Å². The number of esters is 1. The van der Waals surface area contributed by atoms with Gasteiger partial charge in [-0.05, 0) is 32.1 Å². The van der Waals surface area contributed by atoms with Gasteiger partial charge >= 0.3 is 5.97 Å². The summed E-state index contributed by atoms with van der Waals surface area (Å²) >= 11 is 0. The molecule has 0 bridgehead atoms. The van der Waals surface area contributed by atoms with Crippen LogP contribution in [0.1, 0.15) is 70.3 Å². The van der Waals surface area contributed by atoms with Gasteiger partial charge in [0.25, 0.3) is 0 Å². The standard InChI is InChI=1S/C27H33F5O4/c1-2-3-13-16-20(36-34)17-14-11-9-7-5-4-6-8-10-12-15-18-22(33)35-19-21-23(28)25(30)27(32)26(31)24(21)29/h4-5,8-11,14,17,20,34H,2-3,6-7,12-13,15-16,18-19H2,1H3/b5-4-,10-8-,11-9-,17-14+. The molecule has 4 nitrogen and oxygen atoms in total. The predicted molar refractivity (Wildman–Crippen MR) is 127 cm³/mol. The van der Waals surface area contributed by atoms with Crippen LogP contribution >= 0.6 is 0 Å². The molecule has 0 aliphatic rings. The van der Waals surface area contributed by atoms with Gasteiger partial charge in [0, 0.05) is 6.42 Å². The number of allylic oxidation sites excluding steroid dienone is 7. The number of halogens is 5. The zero-order valence-corrected chi connectivity index (χ0v) is 20.3. The monoisotopic (exact) mass is 516 g/mol. The fourth-order valence-electron chi connectivity index (χ4n) is 3.05. The molecule has 0 saturated carbocycles. The first kappa shape index (κ1) is 31.3. The lowest BCUT2D eigenvalue weighted by atomic mass is 10.1. The van der Waals surface area contributed by atoms with E-state index in [1.165, 1.54) is 0 Å². The highest BCUT2D eigenvalue weighted by molar-refractivity contribution is 5.69. The van der Waals surface area contributed by atoms with Gasteiger partial charge in [0.2, 0.25) is 5.82 Å². The summed E-state index contributed by atoms with van der Waals surface area (Å²) in [6.45, 7) is 1.08. The summed E-state index contributed by atoms with van der Waals surface area (Å²) in [5.41, 5.74) is -1.18. The third-order valence-corrected chi connectivity index (χ3v) is 5.11. The molecule has 0 fully saturated rings. The van der Waals surface area contributed by atoms with Crippen LogP contribution in [-0.4, -0.2) is 17.3 Å². The maximum Gasteiger partial charge on any atom is 0.306 e. The lowest BCUT2D eigenvalue weighted by Gasteiger charge is -2.09. The number of unbranched alkanes of at least 4 members (excludes halogenated alkanes) is 3. The van der Waals surface area contributed by atoms with E-state index in [2.05, 4.69) is 16.5 Å². The summed E-state index contributed by atoms with van der Waals surface area (Å²) in [5.74, 6) is -11.2. The van der Waals surface area contributed by atoms with Crippen LogP contribution in [0, 0.1) is 29.1 Å². The van der Waals surface area contributed by atoms with E-state index in [9.17, 15) is 26.7 Å². The number of carbonyl (C=O) groups excluding carboxylic acids is 1. The van der Waals surface area contributed by atoms with Crippen LogP contribution in [0.25, 0.3) is 0 Å². The fourth-order valence-corrected chi connectivity index (χ4v) is 3.05. The van der Waals surface area contributed by atoms with E-state index >= 15 is 0 Å². The third kappa shape index (κ3) is 11.8. The zero-order chi connectivity index (χ0) is 26.8. The van der Waals surface area contributed by atoms with Crippen molar-refractivity contribution in [2.45, 2.75) is 77.4 Å². The van der Waals surface area contributed by atoms with Crippen LogP contribution in [0.4, 0.5) is 22.0 Å². The van der Waals surface area contributed by atoms with Gasteiger partial charge in [-0.3, -0.25) is 10.1 Å². The molecule has 1 unspecified atom stereocenters. The molecule has 1 aromatic carbocycles. The van der Waals surface area contributed by atoms with Crippen molar-refractivity contribution >= 4 is 5.97 Å². The van der Waals surface area contributed by atoms with Gasteiger partial charge in [0.1, 0.15) is 12.7 Å². The summed E-state index contributed by atoms with van der Waals surface area (Å²) in [4.78, 5) is 16.1. The van der Waals surface area contributed by atoms with Gasteiger partial charge in [0.15, 0.2) is 23.3 Å². The maximum absolute atomic E-state index is 13.6. The smallest absolute Gasteiger partial charge is 0.306 e. The van der Waals surface area contributed by atoms with Gasteiger partial charge < -0.3 is 4.74 Å². The van der Waals surface area contributed by atoms with Crippen molar-refractivity contribution in [2.24, 2.45) is 0 Å². The molecule has 0 radical (unpaired) electrons. The van der Waals surface area contributed by atoms with Crippen LogP contribution < -0.4 is 0 Å². The Morgan fingerprint density at radius 2 is 1.44 bits per heavy atom. The lowest BCUT2D eigenvalue weighted by Crippen LogP contribution is -2.11. The molecule has 0 aliphatic heterocycles. The topological polar surface area (TPSA) is 55.8 Å². The highest BCUT2D eigenvalue weighted by Gasteiger charge is 2.26. The second kappa shape index (κ2) is 18.5. The molecule has 0 spiro atoms. The Kier molecular flexibility index (Phi) is 16.0. The largest absolute Gasteiger partial charge is 0.461 e. The van der Waals surface area contributed by atoms with Crippen LogP contribution in [0.2, 0.25) is 0 Å². The fraction of sp³-hybridized carbons (Fsp3) is 0.444. The quantitative estimate of drug-likeness (QED) is 0.0262. The van der Waals surface area contributed by atoms with Crippen LogP contribution in [0.15, 0.2) is 48.6 Å². The molecular formula is C27H33F5O4. The van der Waals surface area contributed by atoms with Gasteiger partial charge in [-0.25, -0.2) is 26.8 Å². The summed E-state index contributed by atoms with van der Waals surface area (Å²) in [6, 6.07) is 0. The van der Waals surface area contributed by atoms with Gasteiger partial charge in [-0.1, -0.05) is 74.8 Å². The van der Waals surface area contributed by atoms with Crippen LogP contribution in [0.5, 0.6) is 0 Å². The van der Waals surface area contributed by atoms with E-state index in [4.69, 9.17) is 5.26 Å².